The standard InChI is InChI=1S/C14H14FNO2S/c1-18-10-4-5-12(13(15)9-10)14(17)16-7-6-11-3-2-8-19-11/h2-5,8-9H,6-7H2,1H3,(H,16,17). The summed E-state index contributed by atoms with van der Waals surface area (Å²) >= 11 is 1.64. The molecule has 3 nitrogen and oxygen atoms in total. The number of carbonyl (C=O) groups excluding carboxylic acids is 1. The zero-order chi connectivity index (χ0) is 13.7. The van der Waals surface area contributed by atoms with E-state index in [4.69, 9.17) is 4.74 Å². The highest BCUT2D eigenvalue weighted by molar-refractivity contribution is 7.09. The van der Waals surface area contributed by atoms with Crippen LogP contribution in [-0.4, -0.2) is 19.6 Å². The van der Waals surface area contributed by atoms with Gasteiger partial charge in [-0.2, -0.15) is 0 Å². The van der Waals surface area contributed by atoms with Crippen LogP contribution in [0.5, 0.6) is 5.75 Å². The molecule has 0 radical (unpaired) electrons. The van der Waals surface area contributed by atoms with Crippen molar-refractivity contribution < 1.29 is 13.9 Å². The van der Waals surface area contributed by atoms with Crippen molar-refractivity contribution in [3.63, 3.8) is 0 Å². The van der Waals surface area contributed by atoms with Crippen molar-refractivity contribution in [1.29, 1.82) is 0 Å². The Morgan fingerprint density at radius 2 is 2.26 bits per heavy atom. The van der Waals surface area contributed by atoms with E-state index < -0.39 is 11.7 Å². The zero-order valence-corrected chi connectivity index (χ0v) is 11.3. The molecule has 2 aromatic rings. The number of halogens is 1. The molecule has 1 amide bonds. The van der Waals surface area contributed by atoms with Gasteiger partial charge in [-0.3, -0.25) is 4.79 Å². The van der Waals surface area contributed by atoms with E-state index >= 15 is 0 Å². The van der Waals surface area contributed by atoms with Gasteiger partial charge in [-0.05, 0) is 30.0 Å². The number of thiophene rings is 1. The largest absolute Gasteiger partial charge is 0.497 e. The lowest BCUT2D eigenvalue weighted by molar-refractivity contribution is 0.0950. The van der Waals surface area contributed by atoms with E-state index in [1.807, 2.05) is 17.5 Å². The van der Waals surface area contributed by atoms with Gasteiger partial charge in [-0.15, -0.1) is 11.3 Å². The summed E-state index contributed by atoms with van der Waals surface area (Å²) in [4.78, 5) is 13.0. The Balaban J connectivity index is 1.92. The second kappa shape index (κ2) is 6.33. The van der Waals surface area contributed by atoms with Crippen molar-refractivity contribution in [2.45, 2.75) is 6.42 Å². The van der Waals surface area contributed by atoms with E-state index in [2.05, 4.69) is 5.32 Å². The quantitative estimate of drug-likeness (QED) is 0.914. The molecule has 1 heterocycles. The van der Waals surface area contributed by atoms with Gasteiger partial charge in [0.05, 0.1) is 12.7 Å². The molecule has 19 heavy (non-hydrogen) atoms. The molecule has 1 aromatic carbocycles. The molecule has 0 unspecified atom stereocenters. The summed E-state index contributed by atoms with van der Waals surface area (Å²) in [6, 6.07) is 8.16. The highest BCUT2D eigenvalue weighted by Gasteiger charge is 2.11. The van der Waals surface area contributed by atoms with Crippen LogP contribution in [0.25, 0.3) is 0 Å². The van der Waals surface area contributed by atoms with Gasteiger partial charge in [-0.1, -0.05) is 6.07 Å². The third-order valence-electron chi connectivity index (χ3n) is 2.66. The van der Waals surface area contributed by atoms with Gasteiger partial charge in [-0.25, -0.2) is 4.39 Å². The second-order valence-corrected chi connectivity index (χ2v) is 4.96. The lowest BCUT2D eigenvalue weighted by Crippen LogP contribution is -2.26. The van der Waals surface area contributed by atoms with E-state index in [0.717, 1.165) is 6.42 Å². The third-order valence-corrected chi connectivity index (χ3v) is 3.59. The number of ether oxygens (including phenoxy) is 1. The Bertz CT molecular complexity index is 555. The maximum Gasteiger partial charge on any atom is 0.254 e. The number of hydrogen-bond acceptors (Lipinski definition) is 3. The molecule has 2 rings (SSSR count). The van der Waals surface area contributed by atoms with Gasteiger partial charge in [0.15, 0.2) is 0 Å². The molecule has 0 fully saturated rings. The Morgan fingerprint density at radius 1 is 1.42 bits per heavy atom. The monoisotopic (exact) mass is 279 g/mol. The molecule has 1 aromatic heterocycles. The minimum absolute atomic E-state index is 0.0342. The fourth-order valence-electron chi connectivity index (χ4n) is 1.66. The maximum atomic E-state index is 13.6. The average molecular weight is 279 g/mol. The summed E-state index contributed by atoms with van der Waals surface area (Å²) in [6.45, 7) is 0.491. The van der Waals surface area contributed by atoms with Crippen LogP contribution in [0.4, 0.5) is 4.39 Å². The summed E-state index contributed by atoms with van der Waals surface area (Å²) in [7, 11) is 1.45. The fourth-order valence-corrected chi connectivity index (χ4v) is 2.37. The highest BCUT2D eigenvalue weighted by atomic mass is 32.1. The summed E-state index contributed by atoms with van der Waals surface area (Å²) in [5, 5.41) is 4.69. The van der Waals surface area contributed by atoms with Crippen LogP contribution in [0.1, 0.15) is 15.2 Å². The lowest BCUT2D eigenvalue weighted by atomic mass is 10.2. The maximum absolute atomic E-state index is 13.6. The van der Waals surface area contributed by atoms with Crippen LogP contribution in [0, 0.1) is 5.82 Å². The van der Waals surface area contributed by atoms with Crippen LogP contribution in [0.15, 0.2) is 35.7 Å². The van der Waals surface area contributed by atoms with Gasteiger partial charge in [0.1, 0.15) is 11.6 Å². The molecular formula is C14H14FNO2S. The van der Waals surface area contributed by atoms with Gasteiger partial charge in [0.25, 0.3) is 5.91 Å². The van der Waals surface area contributed by atoms with Crippen molar-refractivity contribution in [2.75, 3.05) is 13.7 Å². The minimum atomic E-state index is -0.576. The summed E-state index contributed by atoms with van der Waals surface area (Å²) in [5.74, 6) is -0.586. The predicted octanol–water partition coefficient (Wildman–Crippen LogP) is 2.87. The minimum Gasteiger partial charge on any atom is -0.497 e. The molecule has 100 valence electrons. The number of methoxy groups -OCH3 is 1. The number of rotatable bonds is 5. The normalized spacial score (nSPS) is 10.2. The Labute approximate surface area is 115 Å². The van der Waals surface area contributed by atoms with Crippen molar-refractivity contribution in [3.8, 4) is 5.75 Å². The predicted molar refractivity (Wildman–Crippen MR) is 73.3 cm³/mol. The van der Waals surface area contributed by atoms with E-state index in [1.54, 1.807) is 17.4 Å². The van der Waals surface area contributed by atoms with Crippen molar-refractivity contribution in [2.24, 2.45) is 0 Å². The number of carbonyl (C=O) groups is 1. The molecule has 0 saturated carbocycles. The molecule has 0 atom stereocenters. The molecule has 5 heteroatoms. The van der Waals surface area contributed by atoms with Crippen LogP contribution >= 0.6 is 11.3 Å². The van der Waals surface area contributed by atoms with Gasteiger partial charge in [0.2, 0.25) is 0 Å². The van der Waals surface area contributed by atoms with Crippen molar-refractivity contribution in [1.82, 2.24) is 5.32 Å². The van der Waals surface area contributed by atoms with Crippen LogP contribution in [0.3, 0.4) is 0 Å². The van der Waals surface area contributed by atoms with Gasteiger partial charge in [0, 0.05) is 17.5 Å². The molecule has 0 aliphatic carbocycles. The molecule has 0 saturated heterocycles. The molecule has 1 N–H and O–H groups in total. The van der Waals surface area contributed by atoms with Crippen molar-refractivity contribution >= 4 is 17.2 Å². The van der Waals surface area contributed by atoms with Crippen molar-refractivity contribution in [3.05, 3.63) is 52.0 Å². The molecular weight excluding hydrogens is 265 g/mol. The molecule has 0 spiro atoms. The topological polar surface area (TPSA) is 38.3 Å². The average Bonchev–Trinajstić information content (AvgIpc) is 2.91. The zero-order valence-electron chi connectivity index (χ0n) is 10.5. The SMILES string of the molecule is COc1ccc(C(=O)NCCc2cccs2)c(F)c1. The fraction of sp³-hybridized carbons (Fsp3) is 0.214. The first-order chi connectivity index (χ1) is 9.20. The number of nitrogens with one attached hydrogen (secondary N) is 1. The number of benzene rings is 1. The van der Waals surface area contributed by atoms with Gasteiger partial charge < -0.3 is 10.1 Å². The molecule has 0 aliphatic heterocycles. The van der Waals surface area contributed by atoms with E-state index in [0.29, 0.717) is 12.3 Å². The van der Waals surface area contributed by atoms with E-state index in [1.165, 1.54) is 24.1 Å². The third kappa shape index (κ3) is 3.54. The summed E-state index contributed by atoms with van der Waals surface area (Å²) in [6.07, 6.45) is 0.751. The Hall–Kier alpha value is -1.88. The number of amides is 1. The van der Waals surface area contributed by atoms with Crippen LogP contribution in [0.2, 0.25) is 0 Å². The highest BCUT2D eigenvalue weighted by Crippen LogP contribution is 2.16. The smallest absolute Gasteiger partial charge is 0.254 e. The molecule has 0 bridgehead atoms. The Morgan fingerprint density at radius 3 is 2.89 bits per heavy atom. The Kier molecular flexibility index (Phi) is 4.52. The van der Waals surface area contributed by atoms with Gasteiger partial charge >= 0.3 is 0 Å². The van der Waals surface area contributed by atoms with E-state index in [9.17, 15) is 9.18 Å². The first-order valence-electron chi connectivity index (χ1n) is 5.85. The summed E-state index contributed by atoms with van der Waals surface area (Å²) < 4.78 is 18.5. The molecule has 0 aliphatic rings. The van der Waals surface area contributed by atoms with E-state index in [-0.39, 0.29) is 5.56 Å². The first-order valence-corrected chi connectivity index (χ1v) is 6.73. The first kappa shape index (κ1) is 13.5. The number of hydrogen-bond donors (Lipinski definition) is 1. The second-order valence-electron chi connectivity index (χ2n) is 3.93. The summed E-state index contributed by atoms with van der Waals surface area (Å²) in [5.41, 5.74) is 0.0342. The lowest BCUT2D eigenvalue weighted by Gasteiger charge is -2.06. The van der Waals surface area contributed by atoms with Crippen LogP contribution in [-0.2, 0) is 6.42 Å². The van der Waals surface area contributed by atoms with Crippen LogP contribution < -0.4 is 10.1 Å².